The summed E-state index contributed by atoms with van der Waals surface area (Å²) < 4.78 is 5.42. The Labute approximate surface area is 107 Å². The topological polar surface area (TPSA) is 39.2 Å². The van der Waals surface area contributed by atoms with Gasteiger partial charge in [0.15, 0.2) is 5.78 Å². The highest BCUT2D eigenvalue weighted by atomic mass is 32.2. The van der Waals surface area contributed by atoms with Gasteiger partial charge in [-0.05, 0) is 13.0 Å². The maximum Gasteiger partial charge on any atom is 0.174 e. The summed E-state index contributed by atoms with van der Waals surface area (Å²) in [5.41, 5.74) is 0.618. The third-order valence-corrected chi connectivity index (χ3v) is 3.25. The number of nitrogens with zero attached hydrogens (tertiary/aromatic N) is 1. The van der Waals surface area contributed by atoms with Crippen LogP contribution in [0.4, 0.5) is 0 Å². The fourth-order valence-corrected chi connectivity index (χ4v) is 1.91. The Hall–Kier alpha value is -1.03. The summed E-state index contributed by atoms with van der Waals surface area (Å²) in [6, 6.07) is 1.75. The molecule has 0 aliphatic rings. The number of pyridine rings is 1. The van der Waals surface area contributed by atoms with E-state index >= 15 is 0 Å². The molecule has 3 nitrogen and oxygen atoms in total. The van der Waals surface area contributed by atoms with Gasteiger partial charge in [-0.3, -0.25) is 9.78 Å². The van der Waals surface area contributed by atoms with Crippen molar-refractivity contribution in [3.63, 3.8) is 0 Å². The number of ketones is 1. The predicted molar refractivity (Wildman–Crippen MR) is 71.9 cm³/mol. The minimum Gasteiger partial charge on any atom is -0.492 e. The van der Waals surface area contributed by atoms with Gasteiger partial charge in [-0.1, -0.05) is 20.8 Å². The van der Waals surface area contributed by atoms with E-state index in [1.165, 1.54) is 0 Å². The molecule has 0 aliphatic carbocycles. The van der Waals surface area contributed by atoms with Crippen molar-refractivity contribution in [1.82, 2.24) is 4.98 Å². The molecule has 0 saturated heterocycles. The molecule has 0 unspecified atom stereocenters. The van der Waals surface area contributed by atoms with Gasteiger partial charge in [0.05, 0.1) is 18.6 Å². The second-order valence-corrected chi connectivity index (χ2v) is 6.47. The standard InChI is InChI=1S/C13H19NO2S/c1-5-16-11-6-10(7-14-8-11)12(15)9-17-13(2,3)4/h6-8H,5,9H2,1-4H3. The molecule has 1 heterocycles. The van der Waals surface area contributed by atoms with E-state index in [1.54, 1.807) is 30.2 Å². The highest BCUT2D eigenvalue weighted by Gasteiger charge is 2.15. The van der Waals surface area contributed by atoms with Gasteiger partial charge < -0.3 is 4.74 Å². The monoisotopic (exact) mass is 253 g/mol. The van der Waals surface area contributed by atoms with Crippen LogP contribution in [0, 0.1) is 0 Å². The predicted octanol–water partition coefficient (Wildman–Crippen LogP) is 3.19. The van der Waals surface area contributed by atoms with Gasteiger partial charge in [0.1, 0.15) is 5.75 Å². The molecular formula is C13H19NO2S. The summed E-state index contributed by atoms with van der Waals surface area (Å²) in [6.07, 6.45) is 3.21. The van der Waals surface area contributed by atoms with E-state index in [-0.39, 0.29) is 10.5 Å². The van der Waals surface area contributed by atoms with E-state index in [0.717, 1.165) is 0 Å². The first-order chi connectivity index (χ1) is 7.92. The molecular weight excluding hydrogens is 234 g/mol. The number of hydrogen-bond acceptors (Lipinski definition) is 4. The molecule has 0 fully saturated rings. The molecule has 0 spiro atoms. The van der Waals surface area contributed by atoms with E-state index in [2.05, 4.69) is 25.8 Å². The van der Waals surface area contributed by atoms with Gasteiger partial charge in [0.2, 0.25) is 0 Å². The lowest BCUT2D eigenvalue weighted by Crippen LogP contribution is -2.13. The summed E-state index contributed by atoms with van der Waals surface area (Å²) in [6.45, 7) is 8.78. The number of Topliss-reactive ketones (excluding diaryl/α,β-unsaturated/α-hetero) is 1. The Balaban J connectivity index is 2.65. The van der Waals surface area contributed by atoms with Gasteiger partial charge in [-0.15, -0.1) is 11.8 Å². The third kappa shape index (κ3) is 5.22. The minimum absolute atomic E-state index is 0.0963. The summed E-state index contributed by atoms with van der Waals surface area (Å²) in [5, 5.41) is 0. The second kappa shape index (κ2) is 6.05. The smallest absolute Gasteiger partial charge is 0.174 e. The van der Waals surface area contributed by atoms with E-state index in [9.17, 15) is 4.79 Å². The van der Waals surface area contributed by atoms with E-state index in [4.69, 9.17) is 4.74 Å². The molecule has 1 rings (SSSR count). The molecule has 1 aromatic heterocycles. The Morgan fingerprint density at radius 1 is 1.41 bits per heavy atom. The van der Waals surface area contributed by atoms with Crippen LogP contribution in [0.1, 0.15) is 38.1 Å². The largest absolute Gasteiger partial charge is 0.492 e. The average Bonchev–Trinajstić information content (AvgIpc) is 2.26. The molecule has 17 heavy (non-hydrogen) atoms. The van der Waals surface area contributed by atoms with Gasteiger partial charge >= 0.3 is 0 Å². The van der Waals surface area contributed by atoms with Crippen molar-refractivity contribution in [1.29, 1.82) is 0 Å². The van der Waals surface area contributed by atoms with Gasteiger partial charge in [0, 0.05) is 16.5 Å². The van der Waals surface area contributed by atoms with Crippen molar-refractivity contribution in [3.8, 4) is 5.75 Å². The van der Waals surface area contributed by atoms with Crippen LogP contribution in [-0.4, -0.2) is 27.9 Å². The van der Waals surface area contributed by atoms with Crippen LogP contribution in [0.25, 0.3) is 0 Å². The van der Waals surface area contributed by atoms with E-state index in [1.807, 2.05) is 6.92 Å². The maximum absolute atomic E-state index is 11.9. The third-order valence-electron chi connectivity index (χ3n) is 1.98. The number of carbonyl (C=O) groups excluding carboxylic acids is 1. The summed E-state index contributed by atoms with van der Waals surface area (Å²) >= 11 is 1.64. The van der Waals surface area contributed by atoms with Crippen LogP contribution in [0.3, 0.4) is 0 Å². The van der Waals surface area contributed by atoms with Crippen molar-refractivity contribution >= 4 is 17.5 Å². The molecule has 0 N–H and O–H groups in total. The lowest BCUT2D eigenvalue weighted by Gasteiger charge is -2.16. The molecule has 0 bridgehead atoms. The molecule has 0 radical (unpaired) electrons. The lowest BCUT2D eigenvalue weighted by molar-refractivity contribution is 0.102. The number of hydrogen-bond donors (Lipinski definition) is 0. The quantitative estimate of drug-likeness (QED) is 0.755. The Morgan fingerprint density at radius 2 is 2.12 bits per heavy atom. The van der Waals surface area contributed by atoms with Crippen molar-refractivity contribution in [2.45, 2.75) is 32.4 Å². The van der Waals surface area contributed by atoms with Crippen LogP contribution < -0.4 is 4.74 Å². The number of carbonyl (C=O) groups is 1. The fraction of sp³-hybridized carbons (Fsp3) is 0.538. The molecule has 0 amide bonds. The van der Waals surface area contributed by atoms with Crippen molar-refractivity contribution in [2.75, 3.05) is 12.4 Å². The molecule has 0 aromatic carbocycles. The molecule has 1 aromatic rings. The highest BCUT2D eigenvalue weighted by molar-refractivity contribution is 8.01. The van der Waals surface area contributed by atoms with Crippen LogP contribution >= 0.6 is 11.8 Å². The first-order valence-corrected chi connectivity index (χ1v) is 6.66. The van der Waals surface area contributed by atoms with Crippen LogP contribution in [0.15, 0.2) is 18.5 Å². The highest BCUT2D eigenvalue weighted by Crippen LogP contribution is 2.24. The summed E-state index contributed by atoms with van der Waals surface area (Å²) in [7, 11) is 0. The van der Waals surface area contributed by atoms with Crippen LogP contribution in [0.5, 0.6) is 5.75 Å². The number of aromatic nitrogens is 1. The summed E-state index contributed by atoms with van der Waals surface area (Å²) in [4.78, 5) is 15.9. The summed E-state index contributed by atoms with van der Waals surface area (Å²) in [5.74, 6) is 1.22. The Kier molecular flexibility index (Phi) is 5.00. The van der Waals surface area contributed by atoms with Gasteiger partial charge in [-0.25, -0.2) is 0 Å². The molecule has 0 saturated carbocycles. The Morgan fingerprint density at radius 3 is 2.71 bits per heavy atom. The first kappa shape index (κ1) is 14.0. The molecule has 0 aliphatic heterocycles. The maximum atomic E-state index is 11.9. The molecule has 4 heteroatoms. The second-order valence-electron chi connectivity index (χ2n) is 4.67. The van der Waals surface area contributed by atoms with E-state index in [0.29, 0.717) is 23.7 Å². The number of thioether (sulfide) groups is 1. The number of ether oxygens (including phenoxy) is 1. The van der Waals surface area contributed by atoms with Crippen molar-refractivity contribution in [3.05, 3.63) is 24.0 Å². The van der Waals surface area contributed by atoms with E-state index < -0.39 is 0 Å². The van der Waals surface area contributed by atoms with Gasteiger partial charge in [0.25, 0.3) is 0 Å². The number of rotatable bonds is 5. The van der Waals surface area contributed by atoms with Crippen molar-refractivity contribution in [2.24, 2.45) is 0 Å². The normalized spacial score (nSPS) is 11.3. The Bertz CT molecular complexity index is 385. The van der Waals surface area contributed by atoms with Crippen LogP contribution in [0.2, 0.25) is 0 Å². The molecule has 94 valence electrons. The average molecular weight is 253 g/mol. The zero-order valence-corrected chi connectivity index (χ0v) is 11.6. The SMILES string of the molecule is CCOc1cncc(C(=O)CSC(C)(C)C)c1. The van der Waals surface area contributed by atoms with Gasteiger partial charge in [-0.2, -0.15) is 0 Å². The van der Waals surface area contributed by atoms with Crippen LogP contribution in [-0.2, 0) is 0 Å². The zero-order chi connectivity index (χ0) is 12.9. The minimum atomic E-state index is 0.0963. The fourth-order valence-electron chi connectivity index (χ4n) is 1.18. The zero-order valence-electron chi connectivity index (χ0n) is 10.8. The lowest BCUT2D eigenvalue weighted by atomic mass is 10.2. The first-order valence-electron chi connectivity index (χ1n) is 5.67. The van der Waals surface area contributed by atoms with Crippen molar-refractivity contribution < 1.29 is 9.53 Å². The molecule has 0 atom stereocenters.